The van der Waals surface area contributed by atoms with Crippen LogP contribution in [-0.4, -0.2) is 42.2 Å². The number of rotatable bonds is 3. The predicted molar refractivity (Wildman–Crippen MR) is 85.8 cm³/mol. The van der Waals surface area contributed by atoms with Gasteiger partial charge in [0.1, 0.15) is 0 Å². The second-order valence-electron chi connectivity index (χ2n) is 5.43. The minimum Gasteiger partial charge on any atom is -0.339 e. The SMILES string of the molecule is CS(=O)(=O)N1CCC[C@H](c2nc(-c3cccc(Br)c3)no2)C1. The minimum atomic E-state index is -3.18. The average molecular weight is 386 g/mol. The summed E-state index contributed by atoms with van der Waals surface area (Å²) in [7, 11) is -3.18. The molecule has 0 unspecified atom stereocenters. The average Bonchev–Trinajstić information content (AvgIpc) is 2.96. The summed E-state index contributed by atoms with van der Waals surface area (Å²) in [6.45, 7) is 0.959. The van der Waals surface area contributed by atoms with Gasteiger partial charge in [-0.3, -0.25) is 0 Å². The number of nitrogens with zero attached hydrogens (tertiary/aromatic N) is 3. The molecule has 1 aromatic heterocycles. The Kier molecular flexibility index (Phi) is 4.33. The Morgan fingerprint density at radius 1 is 1.41 bits per heavy atom. The van der Waals surface area contributed by atoms with Crippen molar-refractivity contribution >= 4 is 26.0 Å². The lowest BCUT2D eigenvalue weighted by molar-refractivity contribution is 0.266. The second kappa shape index (κ2) is 6.10. The predicted octanol–water partition coefficient (Wildman–Crippen LogP) is 2.64. The maximum atomic E-state index is 11.7. The van der Waals surface area contributed by atoms with Crippen LogP contribution < -0.4 is 0 Å². The zero-order valence-corrected chi connectivity index (χ0v) is 14.5. The first-order chi connectivity index (χ1) is 10.4. The van der Waals surface area contributed by atoms with Crippen LogP contribution in [0.3, 0.4) is 0 Å². The number of hydrogen-bond acceptors (Lipinski definition) is 5. The first kappa shape index (κ1) is 15.6. The first-order valence-corrected chi connectivity index (χ1v) is 9.62. The smallest absolute Gasteiger partial charge is 0.231 e. The van der Waals surface area contributed by atoms with Crippen molar-refractivity contribution in [1.82, 2.24) is 14.4 Å². The molecular weight excluding hydrogens is 370 g/mol. The number of aromatic nitrogens is 2. The van der Waals surface area contributed by atoms with Crippen molar-refractivity contribution in [3.8, 4) is 11.4 Å². The van der Waals surface area contributed by atoms with E-state index in [4.69, 9.17) is 4.52 Å². The Bertz CT molecular complexity index is 775. The Hall–Kier alpha value is -1.25. The van der Waals surface area contributed by atoms with Crippen molar-refractivity contribution in [3.05, 3.63) is 34.6 Å². The van der Waals surface area contributed by atoms with Gasteiger partial charge < -0.3 is 4.52 Å². The molecule has 1 saturated heterocycles. The highest BCUT2D eigenvalue weighted by atomic mass is 79.9. The van der Waals surface area contributed by atoms with Gasteiger partial charge in [-0.05, 0) is 25.0 Å². The van der Waals surface area contributed by atoms with Gasteiger partial charge in [0.15, 0.2) is 0 Å². The van der Waals surface area contributed by atoms with Crippen molar-refractivity contribution in [2.24, 2.45) is 0 Å². The van der Waals surface area contributed by atoms with E-state index in [-0.39, 0.29) is 5.92 Å². The minimum absolute atomic E-state index is 0.0446. The molecule has 1 aliphatic rings. The van der Waals surface area contributed by atoms with Gasteiger partial charge >= 0.3 is 0 Å². The van der Waals surface area contributed by atoms with Crippen LogP contribution in [0, 0.1) is 0 Å². The van der Waals surface area contributed by atoms with E-state index in [1.54, 1.807) is 0 Å². The molecular formula is C14H16BrN3O3S. The zero-order valence-electron chi connectivity index (χ0n) is 12.1. The van der Waals surface area contributed by atoms with Crippen LogP contribution in [-0.2, 0) is 10.0 Å². The number of sulfonamides is 1. The van der Waals surface area contributed by atoms with Crippen LogP contribution in [0.25, 0.3) is 11.4 Å². The van der Waals surface area contributed by atoms with Gasteiger partial charge in [0.25, 0.3) is 0 Å². The van der Waals surface area contributed by atoms with Crippen molar-refractivity contribution in [2.75, 3.05) is 19.3 Å². The van der Waals surface area contributed by atoms with Crippen LogP contribution in [0.5, 0.6) is 0 Å². The van der Waals surface area contributed by atoms with E-state index in [2.05, 4.69) is 26.1 Å². The van der Waals surface area contributed by atoms with Crippen LogP contribution in [0.1, 0.15) is 24.7 Å². The molecule has 1 fully saturated rings. The summed E-state index contributed by atoms with van der Waals surface area (Å²) >= 11 is 3.41. The van der Waals surface area contributed by atoms with E-state index < -0.39 is 10.0 Å². The van der Waals surface area contributed by atoms with Crippen LogP contribution in [0.4, 0.5) is 0 Å². The van der Waals surface area contributed by atoms with Crippen molar-refractivity contribution < 1.29 is 12.9 Å². The summed E-state index contributed by atoms with van der Waals surface area (Å²) < 4.78 is 31.1. The molecule has 1 atom stereocenters. The summed E-state index contributed by atoms with van der Waals surface area (Å²) in [4.78, 5) is 4.44. The standard InChI is InChI=1S/C14H16BrN3O3S/c1-22(19,20)18-7-3-5-11(9-18)14-16-13(17-21-14)10-4-2-6-12(15)8-10/h2,4,6,8,11H,3,5,7,9H2,1H3/t11-/m0/s1. The molecule has 0 aliphatic carbocycles. The van der Waals surface area contributed by atoms with E-state index in [0.717, 1.165) is 22.9 Å². The van der Waals surface area contributed by atoms with Gasteiger partial charge in [0.2, 0.25) is 21.7 Å². The quantitative estimate of drug-likeness (QED) is 0.811. The third kappa shape index (κ3) is 3.39. The Balaban J connectivity index is 1.82. The first-order valence-electron chi connectivity index (χ1n) is 6.98. The normalized spacial score (nSPS) is 20.2. The fourth-order valence-electron chi connectivity index (χ4n) is 2.59. The third-order valence-electron chi connectivity index (χ3n) is 3.73. The summed E-state index contributed by atoms with van der Waals surface area (Å²) in [5, 5.41) is 4.02. The summed E-state index contributed by atoms with van der Waals surface area (Å²) in [5.41, 5.74) is 0.861. The van der Waals surface area contributed by atoms with E-state index in [1.807, 2.05) is 24.3 Å². The van der Waals surface area contributed by atoms with E-state index in [9.17, 15) is 8.42 Å². The molecule has 0 N–H and O–H groups in total. The maximum Gasteiger partial charge on any atom is 0.231 e. The molecule has 0 amide bonds. The molecule has 0 spiro atoms. The lowest BCUT2D eigenvalue weighted by Crippen LogP contribution is -2.38. The van der Waals surface area contributed by atoms with E-state index in [0.29, 0.717) is 24.8 Å². The number of halogens is 1. The van der Waals surface area contributed by atoms with Crippen LogP contribution in [0.15, 0.2) is 33.3 Å². The monoisotopic (exact) mass is 385 g/mol. The van der Waals surface area contributed by atoms with Crippen molar-refractivity contribution in [1.29, 1.82) is 0 Å². The topological polar surface area (TPSA) is 76.3 Å². The van der Waals surface area contributed by atoms with Crippen LogP contribution >= 0.6 is 15.9 Å². The molecule has 6 nitrogen and oxygen atoms in total. The van der Waals surface area contributed by atoms with E-state index in [1.165, 1.54) is 10.6 Å². The van der Waals surface area contributed by atoms with Gasteiger partial charge in [-0.25, -0.2) is 12.7 Å². The molecule has 0 bridgehead atoms. The fourth-order valence-corrected chi connectivity index (χ4v) is 3.90. The van der Waals surface area contributed by atoms with Gasteiger partial charge in [0, 0.05) is 23.1 Å². The molecule has 2 heterocycles. The third-order valence-corrected chi connectivity index (χ3v) is 5.49. The number of piperidine rings is 1. The second-order valence-corrected chi connectivity index (χ2v) is 8.32. The molecule has 22 heavy (non-hydrogen) atoms. The maximum absolute atomic E-state index is 11.7. The Labute approximate surface area is 137 Å². The molecule has 3 rings (SSSR count). The van der Waals surface area contributed by atoms with E-state index >= 15 is 0 Å². The molecule has 0 radical (unpaired) electrons. The summed E-state index contributed by atoms with van der Waals surface area (Å²) in [5.74, 6) is 0.980. The lowest BCUT2D eigenvalue weighted by Gasteiger charge is -2.28. The summed E-state index contributed by atoms with van der Waals surface area (Å²) in [6, 6.07) is 7.65. The molecule has 1 aliphatic heterocycles. The highest BCUT2D eigenvalue weighted by Gasteiger charge is 2.30. The Morgan fingerprint density at radius 3 is 2.95 bits per heavy atom. The molecule has 1 aromatic carbocycles. The lowest BCUT2D eigenvalue weighted by atomic mass is 10.00. The Morgan fingerprint density at radius 2 is 2.23 bits per heavy atom. The fraction of sp³-hybridized carbons (Fsp3) is 0.429. The van der Waals surface area contributed by atoms with Crippen LogP contribution in [0.2, 0.25) is 0 Å². The highest BCUT2D eigenvalue weighted by molar-refractivity contribution is 9.10. The summed E-state index contributed by atoms with van der Waals surface area (Å²) in [6.07, 6.45) is 2.88. The van der Waals surface area contributed by atoms with Gasteiger partial charge in [0.05, 0.1) is 12.2 Å². The molecule has 8 heteroatoms. The van der Waals surface area contributed by atoms with Gasteiger partial charge in [-0.15, -0.1) is 0 Å². The van der Waals surface area contributed by atoms with Gasteiger partial charge in [-0.2, -0.15) is 4.98 Å². The number of hydrogen-bond donors (Lipinski definition) is 0. The molecule has 0 saturated carbocycles. The number of benzene rings is 1. The van der Waals surface area contributed by atoms with Gasteiger partial charge in [-0.1, -0.05) is 33.2 Å². The van der Waals surface area contributed by atoms with Crippen molar-refractivity contribution in [3.63, 3.8) is 0 Å². The highest BCUT2D eigenvalue weighted by Crippen LogP contribution is 2.29. The molecule has 118 valence electrons. The molecule has 2 aromatic rings. The zero-order chi connectivity index (χ0) is 15.7. The largest absolute Gasteiger partial charge is 0.339 e. The van der Waals surface area contributed by atoms with Crippen molar-refractivity contribution in [2.45, 2.75) is 18.8 Å².